The number of halogens is 1. The van der Waals surface area contributed by atoms with Crippen molar-refractivity contribution in [1.82, 2.24) is 5.32 Å². The van der Waals surface area contributed by atoms with Crippen LogP contribution < -0.4 is 5.32 Å². The van der Waals surface area contributed by atoms with Gasteiger partial charge in [-0.1, -0.05) is 22.6 Å². The fourth-order valence-electron chi connectivity index (χ4n) is 0.994. The van der Waals surface area contributed by atoms with Crippen LogP contribution in [0.25, 0.3) is 0 Å². The summed E-state index contributed by atoms with van der Waals surface area (Å²) in [7, 11) is 0. The molecular formula is C11H22INO3. The van der Waals surface area contributed by atoms with Gasteiger partial charge in [-0.15, -0.1) is 0 Å². The van der Waals surface area contributed by atoms with Crippen LogP contribution in [0.1, 0.15) is 34.1 Å². The maximum Gasteiger partial charge on any atom is 0.229 e. The molecule has 0 atom stereocenters. The van der Waals surface area contributed by atoms with Crippen molar-refractivity contribution < 1.29 is 14.6 Å². The molecule has 16 heavy (non-hydrogen) atoms. The summed E-state index contributed by atoms with van der Waals surface area (Å²) in [6.07, 6.45) is 0.728. The van der Waals surface area contributed by atoms with Gasteiger partial charge in [0.05, 0.1) is 22.2 Å². The average molecular weight is 343 g/mol. The Morgan fingerprint density at radius 2 is 1.94 bits per heavy atom. The monoisotopic (exact) mass is 343 g/mol. The molecule has 5 heteroatoms. The number of alkyl halides is 1. The number of hydrogen-bond donors (Lipinski definition) is 2. The maximum atomic E-state index is 11.0. The maximum absolute atomic E-state index is 11.0. The van der Waals surface area contributed by atoms with Gasteiger partial charge in [0.2, 0.25) is 5.91 Å². The summed E-state index contributed by atoms with van der Waals surface area (Å²) in [5, 5.41) is 12.3. The number of hydrogen-bond acceptors (Lipinski definition) is 3. The molecule has 1 amide bonds. The van der Waals surface area contributed by atoms with Gasteiger partial charge in [-0.2, -0.15) is 0 Å². The minimum atomic E-state index is -0.817. The lowest BCUT2D eigenvalue weighted by molar-refractivity contribution is -0.119. The first-order valence-electron chi connectivity index (χ1n) is 5.35. The molecule has 0 saturated carbocycles. The molecule has 0 aromatic heterocycles. The zero-order valence-electron chi connectivity index (χ0n) is 10.5. The number of nitrogens with one attached hydrogen (secondary N) is 1. The largest absolute Gasteiger partial charge is 0.388 e. The number of aliphatic hydroxyl groups is 1. The standard InChI is InChI=1S/C11H22INO3/c1-10(2,15)8-16-11(3,4)5-6-13-9(14)7-12/h15H,5-8H2,1-4H3,(H,13,14). The molecule has 0 rings (SSSR count). The van der Waals surface area contributed by atoms with Crippen molar-refractivity contribution in [3.63, 3.8) is 0 Å². The summed E-state index contributed by atoms with van der Waals surface area (Å²) in [4.78, 5) is 11.0. The molecule has 0 aromatic rings. The van der Waals surface area contributed by atoms with Crippen LogP contribution in [-0.2, 0) is 9.53 Å². The number of rotatable bonds is 7. The van der Waals surface area contributed by atoms with E-state index in [0.717, 1.165) is 6.42 Å². The molecule has 2 N–H and O–H groups in total. The lowest BCUT2D eigenvalue weighted by Crippen LogP contribution is -2.37. The number of carbonyl (C=O) groups excluding carboxylic acids is 1. The quantitative estimate of drug-likeness (QED) is 0.544. The smallest absolute Gasteiger partial charge is 0.229 e. The van der Waals surface area contributed by atoms with Crippen LogP contribution in [0.2, 0.25) is 0 Å². The summed E-state index contributed by atoms with van der Waals surface area (Å²) in [6.45, 7) is 8.21. The van der Waals surface area contributed by atoms with Gasteiger partial charge in [0.25, 0.3) is 0 Å². The van der Waals surface area contributed by atoms with Gasteiger partial charge in [-0.05, 0) is 34.1 Å². The van der Waals surface area contributed by atoms with Crippen LogP contribution in [0.3, 0.4) is 0 Å². The zero-order chi connectivity index (χ0) is 12.8. The molecule has 0 saturated heterocycles. The number of carbonyl (C=O) groups is 1. The van der Waals surface area contributed by atoms with E-state index in [1.807, 2.05) is 36.4 Å². The second kappa shape index (κ2) is 6.76. The van der Waals surface area contributed by atoms with E-state index in [1.54, 1.807) is 13.8 Å². The average Bonchev–Trinajstić information content (AvgIpc) is 2.13. The third-order valence-electron chi connectivity index (χ3n) is 1.99. The van der Waals surface area contributed by atoms with E-state index < -0.39 is 5.60 Å². The van der Waals surface area contributed by atoms with E-state index in [1.165, 1.54) is 0 Å². The third kappa shape index (κ3) is 9.35. The van der Waals surface area contributed by atoms with Crippen LogP contribution in [0.4, 0.5) is 0 Å². The molecular weight excluding hydrogens is 321 g/mol. The molecule has 0 heterocycles. The van der Waals surface area contributed by atoms with Gasteiger partial charge in [0.1, 0.15) is 0 Å². The molecule has 0 fully saturated rings. The Bertz CT molecular complexity index is 224. The van der Waals surface area contributed by atoms with Crippen LogP contribution in [0, 0.1) is 0 Å². The van der Waals surface area contributed by atoms with Crippen LogP contribution >= 0.6 is 22.6 Å². The fourth-order valence-corrected chi connectivity index (χ4v) is 1.26. The normalized spacial score (nSPS) is 12.6. The molecule has 4 nitrogen and oxygen atoms in total. The fraction of sp³-hybridized carbons (Fsp3) is 0.909. The first-order valence-corrected chi connectivity index (χ1v) is 6.88. The Labute approximate surface area is 111 Å². The summed E-state index contributed by atoms with van der Waals surface area (Å²) >= 11 is 2.02. The molecule has 0 spiro atoms. The van der Waals surface area contributed by atoms with Gasteiger partial charge in [0.15, 0.2) is 0 Å². The summed E-state index contributed by atoms with van der Waals surface area (Å²) in [6, 6.07) is 0. The van der Waals surface area contributed by atoms with Crippen molar-refractivity contribution in [2.24, 2.45) is 0 Å². The predicted molar refractivity (Wildman–Crippen MR) is 72.8 cm³/mol. The Morgan fingerprint density at radius 3 is 2.38 bits per heavy atom. The first-order chi connectivity index (χ1) is 7.16. The van der Waals surface area contributed by atoms with E-state index >= 15 is 0 Å². The third-order valence-corrected chi connectivity index (χ3v) is 2.68. The van der Waals surface area contributed by atoms with Crippen LogP contribution in [0.15, 0.2) is 0 Å². The van der Waals surface area contributed by atoms with Gasteiger partial charge in [-0.25, -0.2) is 0 Å². The highest BCUT2D eigenvalue weighted by molar-refractivity contribution is 14.1. The van der Waals surface area contributed by atoms with E-state index in [2.05, 4.69) is 5.32 Å². The predicted octanol–water partition coefficient (Wildman–Crippen LogP) is 1.49. The Morgan fingerprint density at radius 1 is 1.38 bits per heavy atom. The molecule has 0 aromatic carbocycles. The van der Waals surface area contributed by atoms with Crippen molar-refractivity contribution in [3.8, 4) is 0 Å². The van der Waals surface area contributed by atoms with E-state index in [-0.39, 0.29) is 11.5 Å². The first kappa shape index (κ1) is 16.1. The van der Waals surface area contributed by atoms with Crippen molar-refractivity contribution in [3.05, 3.63) is 0 Å². The van der Waals surface area contributed by atoms with Gasteiger partial charge in [-0.3, -0.25) is 4.79 Å². The summed E-state index contributed by atoms with van der Waals surface area (Å²) < 4.78 is 6.08. The van der Waals surface area contributed by atoms with Crippen LogP contribution in [-0.4, -0.2) is 39.8 Å². The molecule has 0 unspecified atom stereocenters. The second-order valence-corrected chi connectivity index (χ2v) is 5.86. The number of ether oxygens (including phenoxy) is 1. The highest BCUT2D eigenvalue weighted by Gasteiger charge is 2.22. The van der Waals surface area contributed by atoms with Crippen molar-refractivity contribution in [2.45, 2.75) is 45.3 Å². The zero-order valence-corrected chi connectivity index (χ0v) is 12.6. The minimum Gasteiger partial charge on any atom is -0.388 e. The lowest BCUT2D eigenvalue weighted by Gasteiger charge is -2.29. The van der Waals surface area contributed by atoms with Gasteiger partial charge >= 0.3 is 0 Å². The Balaban J connectivity index is 3.83. The summed E-state index contributed by atoms with van der Waals surface area (Å²) in [5.41, 5.74) is -1.15. The van der Waals surface area contributed by atoms with Gasteiger partial charge in [0, 0.05) is 6.54 Å². The van der Waals surface area contributed by atoms with Gasteiger partial charge < -0.3 is 15.2 Å². The van der Waals surface area contributed by atoms with E-state index in [0.29, 0.717) is 17.6 Å². The number of amides is 1. The molecule has 0 aliphatic rings. The van der Waals surface area contributed by atoms with Crippen molar-refractivity contribution in [2.75, 3.05) is 17.6 Å². The highest BCUT2D eigenvalue weighted by Crippen LogP contribution is 2.16. The van der Waals surface area contributed by atoms with Crippen LogP contribution in [0.5, 0.6) is 0 Å². The van der Waals surface area contributed by atoms with Crippen molar-refractivity contribution >= 4 is 28.5 Å². The SMILES string of the molecule is CC(C)(O)COC(C)(C)CCNC(=O)CI. The lowest BCUT2D eigenvalue weighted by atomic mass is 10.0. The highest BCUT2D eigenvalue weighted by atomic mass is 127. The topological polar surface area (TPSA) is 58.6 Å². The summed E-state index contributed by atoms with van der Waals surface area (Å²) in [5.74, 6) is 0.0406. The van der Waals surface area contributed by atoms with Crippen molar-refractivity contribution in [1.29, 1.82) is 0 Å². The Kier molecular flexibility index (Phi) is 6.81. The molecule has 0 aliphatic carbocycles. The van der Waals surface area contributed by atoms with E-state index in [9.17, 15) is 9.90 Å². The van der Waals surface area contributed by atoms with E-state index in [4.69, 9.17) is 4.74 Å². The molecule has 0 aliphatic heterocycles. The molecule has 96 valence electrons. The second-order valence-electron chi connectivity index (χ2n) is 5.09. The molecule has 0 bridgehead atoms. The Hall–Kier alpha value is 0.120. The molecule has 0 radical (unpaired) electrons. The minimum absolute atomic E-state index is 0.0406.